The van der Waals surface area contributed by atoms with Crippen LogP contribution in [-0.2, 0) is 32.2 Å². The Morgan fingerprint density at radius 3 is 2.55 bits per heavy atom. The number of hydrogen-bond donors (Lipinski definition) is 8. The van der Waals surface area contributed by atoms with E-state index >= 15 is 0 Å². The molecule has 0 aliphatic carbocycles. The van der Waals surface area contributed by atoms with E-state index in [4.69, 9.17) is 39.8 Å². The summed E-state index contributed by atoms with van der Waals surface area (Å²) in [6, 6.07) is 0. The van der Waals surface area contributed by atoms with Crippen molar-refractivity contribution in [3.05, 3.63) is 28.7 Å². The zero-order chi connectivity index (χ0) is 31.4. The number of phosphoric acid groups is 2. The lowest BCUT2D eigenvalue weighted by atomic mass is 10.1. The second-order valence-corrected chi connectivity index (χ2v) is 12.6. The third-order valence-corrected chi connectivity index (χ3v) is 8.36. The molecule has 22 nitrogen and oxygen atoms in total. The van der Waals surface area contributed by atoms with Gasteiger partial charge in [-0.1, -0.05) is 0 Å². The summed E-state index contributed by atoms with van der Waals surface area (Å²) in [5, 5.41) is 17.4. The summed E-state index contributed by atoms with van der Waals surface area (Å²) in [6.07, 6.45) is -4.23. The van der Waals surface area contributed by atoms with Gasteiger partial charge < -0.3 is 40.7 Å². The number of aliphatic hydroxyl groups excluding tert-OH is 1. The molecule has 10 N–H and O–H groups in total. The highest BCUT2D eigenvalue weighted by atomic mass is 31.2. The molecule has 4 aromatic rings. The minimum absolute atomic E-state index is 0.0192. The van der Waals surface area contributed by atoms with Crippen LogP contribution in [0.1, 0.15) is 30.9 Å². The van der Waals surface area contributed by atoms with Gasteiger partial charge in [-0.05, 0) is 0 Å². The smallest absolute Gasteiger partial charge is 0.390 e. The normalized spacial score (nSPS) is 27.4. The van der Waals surface area contributed by atoms with Gasteiger partial charge in [0.15, 0.2) is 28.7 Å². The number of aliphatic hydroxyl groups is 1. The third kappa shape index (κ3) is 6.23. The molecule has 0 aromatic carbocycles. The zero-order valence-corrected chi connectivity index (χ0v) is 24.0. The standard InChI is InChI=1S/C20H26N10O12P2/c21-16-13-11(23-5-24-16)12(28-29-13)15-9(31)1-7(40-15)4-39-44(36,37)42-10-2-8(3-38-43(33,34)35)41-19(10)30-6-25-14-17(30)26-20(22)27-18(14)32/h5-10,15,19,31H,1-4H2,(H,28,29)(H,36,37)(H2,21,23,24)(H2,33,34,35)(H3,22,26,27,32)/t7-,8-,9+,10?,15+,19+/m0/s1. The monoisotopic (exact) mass is 660 g/mol. The number of fused-ring (bicyclic) bond motifs is 2. The van der Waals surface area contributed by atoms with Gasteiger partial charge in [-0.25, -0.2) is 24.1 Å². The Kier molecular flexibility index (Phi) is 8.01. The van der Waals surface area contributed by atoms with Gasteiger partial charge >= 0.3 is 15.6 Å². The summed E-state index contributed by atoms with van der Waals surface area (Å²) >= 11 is 0. The van der Waals surface area contributed by atoms with Crippen molar-refractivity contribution in [3.63, 3.8) is 0 Å². The number of nitrogens with zero attached hydrogens (tertiary/aromatic N) is 6. The molecule has 4 aromatic heterocycles. The summed E-state index contributed by atoms with van der Waals surface area (Å²) in [7, 11) is -9.75. The van der Waals surface area contributed by atoms with Crippen LogP contribution >= 0.6 is 15.6 Å². The van der Waals surface area contributed by atoms with E-state index in [2.05, 4.69) is 39.6 Å². The molecule has 238 valence electrons. The van der Waals surface area contributed by atoms with Crippen molar-refractivity contribution in [2.24, 2.45) is 0 Å². The number of nitrogens with one attached hydrogen (secondary N) is 2. The number of hydrogen-bond acceptors (Lipinski definition) is 16. The predicted octanol–water partition coefficient (Wildman–Crippen LogP) is -1.26. The molecule has 2 unspecified atom stereocenters. The van der Waals surface area contributed by atoms with Crippen molar-refractivity contribution in [2.45, 2.75) is 49.6 Å². The van der Waals surface area contributed by atoms with Crippen molar-refractivity contribution in [1.29, 1.82) is 0 Å². The van der Waals surface area contributed by atoms with E-state index in [0.717, 1.165) is 6.33 Å². The topological polar surface area (TPSA) is 331 Å². The van der Waals surface area contributed by atoms with E-state index in [9.17, 15) is 23.9 Å². The van der Waals surface area contributed by atoms with Crippen LogP contribution in [0.4, 0.5) is 11.8 Å². The average molecular weight is 660 g/mol. The first-order valence-corrected chi connectivity index (χ1v) is 15.8. The lowest BCUT2D eigenvalue weighted by Gasteiger charge is -2.23. The first-order valence-electron chi connectivity index (χ1n) is 12.8. The molecule has 0 saturated carbocycles. The van der Waals surface area contributed by atoms with Gasteiger partial charge in [0.1, 0.15) is 24.1 Å². The summed E-state index contributed by atoms with van der Waals surface area (Å²) in [4.78, 5) is 59.3. The van der Waals surface area contributed by atoms with Crippen molar-refractivity contribution in [3.8, 4) is 0 Å². The summed E-state index contributed by atoms with van der Waals surface area (Å²) in [5.74, 6) is -0.115. The fourth-order valence-electron chi connectivity index (χ4n) is 5.03. The highest BCUT2D eigenvalue weighted by molar-refractivity contribution is 7.47. The first-order chi connectivity index (χ1) is 20.8. The molecule has 2 aliphatic heterocycles. The summed E-state index contributed by atoms with van der Waals surface area (Å²) < 4.78 is 52.3. The van der Waals surface area contributed by atoms with E-state index in [1.165, 1.54) is 10.9 Å². The molecule has 2 aliphatic rings. The lowest BCUT2D eigenvalue weighted by Crippen LogP contribution is -2.23. The van der Waals surface area contributed by atoms with Crippen LogP contribution in [0.5, 0.6) is 0 Å². The Hall–Kier alpha value is -3.40. The second kappa shape index (κ2) is 11.5. The van der Waals surface area contributed by atoms with Crippen LogP contribution in [-0.4, -0.2) is 97.1 Å². The minimum Gasteiger partial charge on any atom is -0.390 e. The fourth-order valence-corrected chi connectivity index (χ4v) is 6.34. The molecule has 2 saturated heterocycles. The van der Waals surface area contributed by atoms with Crippen molar-refractivity contribution in [2.75, 3.05) is 24.7 Å². The van der Waals surface area contributed by atoms with Gasteiger partial charge in [0.05, 0.1) is 43.5 Å². The Labute approximate surface area is 244 Å². The molecule has 6 rings (SSSR count). The number of anilines is 2. The average Bonchev–Trinajstić information content (AvgIpc) is 3.71. The maximum atomic E-state index is 13.1. The Morgan fingerprint density at radius 1 is 1.02 bits per heavy atom. The molecule has 6 heterocycles. The highest BCUT2D eigenvalue weighted by Crippen LogP contribution is 2.50. The van der Waals surface area contributed by atoms with Gasteiger partial charge in [0.2, 0.25) is 5.95 Å². The number of imidazole rings is 1. The SMILES string of the molecule is Nc1nc2c(ncn2[C@@H]2O[C@H](COP(=O)(O)O)CC2OP(=O)(O)OC[C@@H]2C[C@@H](O)[C@H](c3[nH]nc4c(N)ncnc34)O2)c(=O)[nH]1. The Bertz CT molecular complexity index is 1840. The number of phosphoric ester groups is 2. The number of rotatable bonds is 10. The summed E-state index contributed by atoms with van der Waals surface area (Å²) in [6.45, 7) is -1.08. The van der Waals surface area contributed by atoms with E-state index < -0.39 is 71.2 Å². The number of H-pyrrole nitrogens is 2. The van der Waals surface area contributed by atoms with Gasteiger partial charge in [0.25, 0.3) is 5.56 Å². The fraction of sp³-hybridized carbons (Fsp3) is 0.500. The second-order valence-electron chi connectivity index (χ2n) is 9.93. The molecule has 0 spiro atoms. The van der Waals surface area contributed by atoms with Crippen molar-refractivity contribution >= 4 is 49.6 Å². The molecule has 24 heteroatoms. The number of nitrogens with two attached hydrogens (primary N) is 2. The number of aromatic nitrogens is 8. The van der Waals surface area contributed by atoms with E-state index in [0.29, 0.717) is 11.2 Å². The van der Waals surface area contributed by atoms with Crippen LogP contribution < -0.4 is 17.0 Å². The van der Waals surface area contributed by atoms with Crippen LogP contribution in [0.25, 0.3) is 22.2 Å². The number of ether oxygens (including phenoxy) is 2. The molecular weight excluding hydrogens is 634 g/mol. The van der Waals surface area contributed by atoms with E-state index in [1.807, 2.05) is 0 Å². The van der Waals surface area contributed by atoms with E-state index in [1.54, 1.807) is 0 Å². The predicted molar refractivity (Wildman–Crippen MR) is 144 cm³/mol. The van der Waals surface area contributed by atoms with Gasteiger partial charge in [-0.15, -0.1) is 0 Å². The summed E-state index contributed by atoms with van der Waals surface area (Å²) in [5.41, 5.74) is 11.6. The molecular formula is C20H26N10O12P2. The van der Waals surface area contributed by atoms with Crippen LogP contribution in [0, 0.1) is 0 Å². The highest BCUT2D eigenvalue weighted by Gasteiger charge is 2.44. The maximum absolute atomic E-state index is 13.1. The minimum atomic E-state index is -4.88. The lowest BCUT2D eigenvalue weighted by molar-refractivity contribution is -0.0517. The quantitative estimate of drug-likeness (QED) is 0.0920. The molecule has 0 amide bonds. The molecule has 44 heavy (non-hydrogen) atoms. The first kappa shape index (κ1) is 30.6. The van der Waals surface area contributed by atoms with Gasteiger partial charge in [-0.3, -0.25) is 33.0 Å². The maximum Gasteiger partial charge on any atom is 0.472 e. The zero-order valence-electron chi connectivity index (χ0n) is 22.2. The van der Waals surface area contributed by atoms with Crippen LogP contribution in [0.3, 0.4) is 0 Å². The van der Waals surface area contributed by atoms with Crippen molar-refractivity contribution in [1.82, 2.24) is 39.7 Å². The molecule has 7 atom stereocenters. The van der Waals surface area contributed by atoms with Gasteiger partial charge in [-0.2, -0.15) is 10.1 Å². The van der Waals surface area contributed by atoms with Crippen molar-refractivity contribution < 1.29 is 52.0 Å². The Morgan fingerprint density at radius 2 is 1.77 bits per heavy atom. The Balaban J connectivity index is 1.16. The largest absolute Gasteiger partial charge is 0.472 e. The molecule has 0 radical (unpaired) electrons. The number of aromatic amines is 2. The third-order valence-electron chi connectivity index (χ3n) is 6.86. The van der Waals surface area contributed by atoms with Crippen LogP contribution in [0.2, 0.25) is 0 Å². The molecule has 2 fully saturated rings. The number of nitrogen functional groups attached to an aromatic ring is 2. The van der Waals surface area contributed by atoms with E-state index in [-0.39, 0.29) is 41.3 Å². The molecule has 0 bridgehead atoms. The van der Waals surface area contributed by atoms with Crippen LogP contribution in [0.15, 0.2) is 17.4 Å². The van der Waals surface area contributed by atoms with Gasteiger partial charge in [0, 0.05) is 12.8 Å².